The Kier molecular flexibility index (Phi) is 6.25. The van der Waals surface area contributed by atoms with Crippen molar-refractivity contribution in [3.05, 3.63) is 65.9 Å². The number of para-hydroxylation sites is 1. The molecule has 0 spiro atoms. The van der Waals surface area contributed by atoms with Crippen LogP contribution in [0.15, 0.2) is 48.5 Å². The predicted molar refractivity (Wildman–Crippen MR) is 119 cm³/mol. The smallest absolute Gasteiger partial charge is 0.318 e. The lowest BCUT2D eigenvalue weighted by atomic mass is 10.2. The lowest BCUT2D eigenvalue weighted by Gasteiger charge is -2.35. The largest absolute Gasteiger partial charge is 0.351 e. The van der Waals surface area contributed by atoms with Crippen LogP contribution in [-0.2, 0) is 4.79 Å². The van der Waals surface area contributed by atoms with E-state index in [-0.39, 0.29) is 11.6 Å². The van der Waals surface area contributed by atoms with Crippen LogP contribution in [0.2, 0.25) is 0 Å². The van der Waals surface area contributed by atoms with Crippen LogP contribution in [0.25, 0.3) is 10.9 Å². The van der Waals surface area contributed by atoms with Crippen molar-refractivity contribution < 1.29 is 23.2 Å². The lowest BCUT2D eigenvalue weighted by Crippen LogP contribution is -2.55. The van der Waals surface area contributed by atoms with Crippen molar-refractivity contribution in [1.82, 2.24) is 20.1 Å². The summed E-state index contributed by atoms with van der Waals surface area (Å²) in [6, 6.07) is 11.1. The molecule has 0 bridgehead atoms. The standard InChI is InChI=1S/C23H23F2N5O3/c1-14(21(31)27-16-6-7-17(24)18(25)13-16)26-23(33)30-10-8-29(9-11-30)22(32)20-12-15-4-2-3-5-19(15)28-20/h2-7,12-14,28H,8-11H2,1H3,(H,26,33)(H,27,31). The number of amides is 4. The summed E-state index contributed by atoms with van der Waals surface area (Å²) >= 11 is 0. The minimum absolute atomic E-state index is 0.0871. The fourth-order valence-electron chi connectivity index (χ4n) is 3.64. The summed E-state index contributed by atoms with van der Waals surface area (Å²) in [6.45, 7) is 2.83. The van der Waals surface area contributed by atoms with E-state index in [1.165, 1.54) is 17.9 Å². The third-order valence-electron chi connectivity index (χ3n) is 5.53. The van der Waals surface area contributed by atoms with Gasteiger partial charge in [-0.15, -0.1) is 0 Å². The van der Waals surface area contributed by atoms with Crippen molar-refractivity contribution in [3.63, 3.8) is 0 Å². The molecule has 2 aromatic carbocycles. The van der Waals surface area contributed by atoms with Crippen molar-refractivity contribution in [1.29, 1.82) is 0 Å². The van der Waals surface area contributed by atoms with Gasteiger partial charge in [0, 0.05) is 48.8 Å². The molecule has 1 unspecified atom stereocenters. The molecular weight excluding hydrogens is 432 g/mol. The molecule has 1 aromatic heterocycles. The number of aromatic amines is 1. The molecule has 3 aromatic rings. The van der Waals surface area contributed by atoms with Gasteiger partial charge in [0.15, 0.2) is 11.6 Å². The number of H-pyrrole nitrogens is 1. The van der Waals surface area contributed by atoms with Crippen LogP contribution in [0, 0.1) is 11.6 Å². The summed E-state index contributed by atoms with van der Waals surface area (Å²) in [5.74, 6) is -2.80. The van der Waals surface area contributed by atoms with Crippen LogP contribution in [0.5, 0.6) is 0 Å². The van der Waals surface area contributed by atoms with Crippen molar-refractivity contribution in [3.8, 4) is 0 Å². The van der Waals surface area contributed by atoms with Gasteiger partial charge in [-0.1, -0.05) is 18.2 Å². The van der Waals surface area contributed by atoms with Gasteiger partial charge in [-0.3, -0.25) is 9.59 Å². The van der Waals surface area contributed by atoms with Gasteiger partial charge in [0.2, 0.25) is 5.91 Å². The highest BCUT2D eigenvalue weighted by atomic mass is 19.2. The maximum atomic E-state index is 13.3. The number of fused-ring (bicyclic) bond motifs is 1. The molecule has 172 valence electrons. The maximum absolute atomic E-state index is 13.3. The number of aromatic nitrogens is 1. The number of carbonyl (C=O) groups is 3. The summed E-state index contributed by atoms with van der Waals surface area (Å²) in [6.07, 6.45) is 0. The van der Waals surface area contributed by atoms with E-state index in [9.17, 15) is 23.2 Å². The van der Waals surface area contributed by atoms with Crippen LogP contribution >= 0.6 is 0 Å². The fourth-order valence-corrected chi connectivity index (χ4v) is 3.64. The quantitative estimate of drug-likeness (QED) is 0.564. The number of nitrogens with zero attached hydrogens (tertiary/aromatic N) is 2. The van der Waals surface area contributed by atoms with Gasteiger partial charge in [-0.25, -0.2) is 13.6 Å². The van der Waals surface area contributed by atoms with Crippen molar-refractivity contribution in [2.45, 2.75) is 13.0 Å². The zero-order chi connectivity index (χ0) is 23.5. The van der Waals surface area contributed by atoms with Crippen LogP contribution in [0.1, 0.15) is 17.4 Å². The fraction of sp³-hybridized carbons (Fsp3) is 0.261. The molecule has 0 radical (unpaired) electrons. The molecule has 10 heteroatoms. The van der Waals surface area contributed by atoms with Crippen LogP contribution in [-0.4, -0.2) is 64.9 Å². The molecule has 1 aliphatic rings. The van der Waals surface area contributed by atoms with Crippen LogP contribution in [0.3, 0.4) is 0 Å². The summed E-state index contributed by atoms with van der Waals surface area (Å²) in [4.78, 5) is 43.9. The van der Waals surface area contributed by atoms with Gasteiger partial charge in [0.25, 0.3) is 5.91 Å². The minimum atomic E-state index is -1.08. The predicted octanol–water partition coefficient (Wildman–Crippen LogP) is 2.94. The number of anilines is 1. The molecule has 0 aliphatic carbocycles. The molecule has 2 heterocycles. The highest BCUT2D eigenvalue weighted by Crippen LogP contribution is 2.17. The number of nitrogens with one attached hydrogen (secondary N) is 3. The van der Waals surface area contributed by atoms with E-state index >= 15 is 0 Å². The molecule has 3 N–H and O–H groups in total. The van der Waals surface area contributed by atoms with Gasteiger partial charge >= 0.3 is 6.03 Å². The molecule has 1 saturated heterocycles. The van der Waals surface area contributed by atoms with E-state index in [0.717, 1.165) is 23.0 Å². The Balaban J connectivity index is 1.28. The Morgan fingerprint density at radius 2 is 1.64 bits per heavy atom. The Hall–Kier alpha value is -3.95. The first-order chi connectivity index (χ1) is 15.8. The van der Waals surface area contributed by atoms with E-state index in [1.807, 2.05) is 30.3 Å². The Bertz CT molecular complexity index is 1170. The monoisotopic (exact) mass is 455 g/mol. The van der Waals surface area contributed by atoms with E-state index in [1.54, 1.807) is 4.90 Å². The van der Waals surface area contributed by atoms with Gasteiger partial charge in [0.05, 0.1) is 0 Å². The van der Waals surface area contributed by atoms with Gasteiger partial charge in [0.1, 0.15) is 11.7 Å². The second-order valence-electron chi connectivity index (χ2n) is 7.84. The zero-order valence-corrected chi connectivity index (χ0v) is 17.9. The summed E-state index contributed by atoms with van der Waals surface area (Å²) < 4.78 is 26.3. The molecule has 1 atom stereocenters. The third-order valence-corrected chi connectivity index (χ3v) is 5.53. The van der Waals surface area contributed by atoms with Crippen LogP contribution in [0.4, 0.5) is 19.3 Å². The second-order valence-corrected chi connectivity index (χ2v) is 7.84. The van der Waals surface area contributed by atoms with Gasteiger partial charge in [-0.2, -0.15) is 0 Å². The summed E-state index contributed by atoms with van der Waals surface area (Å²) in [5, 5.41) is 5.97. The number of halogens is 2. The van der Waals surface area contributed by atoms with E-state index in [4.69, 9.17) is 0 Å². The minimum Gasteiger partial charge on any atom is -0.351 e. The maximum Gasteiger partial charge on any atom is 0.318 e. The Morgan fingerprint density at radius 3 is 2.33 bits per heavy atom. The molecule has 1 aliphatic heterocycles. The summed E-state index contributed by atoms with van der Waals surface area (Å²) in [7, 11) is 0. The number of urea groups is 1. The van der Waals surface area contributed by atoms with Crippen molar-refractivity contribution >= 4 is 34.4 Å². The first-order valence-corrected chi connectivity index (χ1v) is 10.5. The molecule has 0 saturated carbocycles. The zero-order valence-electron chi connectivity index (χ0n) is 17.9. The highest BCUT2D eigenvalue weighted by Gasteiger charge is 2.27. The normalized spacial score (nSPS) is 14.8. The van der Waals surface area contributed by atoms with Crippen LogP contribution < -0.4 is 10.6 Å². The van der Waals surface area contributed by atoms with E-state index in [2.05, 4.69) is 15.6 Å². The molecule has 4 rings (SSSR count). The topological polar surface area (TPSA) is 97.5 Å². The molecular formula is C23H23F2N5O3. The number of piperazine rings is 1. The first-order valence-electron chi connectivity index (χ1n) is 10.5. The summed E-state index contributed by atoms with van der Waals surface area (Å²) in [5.41, 5.74) is 1.47. The SMILES string of the molecule is CC(NC(=O)N1CCN(C(=O)c2cc3ccccc3[nH]2)CC1)C(=O)Nc1ccc(F)c(F)c1. The van der Waals surface area contributed by atoms with E-state index in [0.29, 0.717) is 31.9 Å². The number of hydrogen-bond acceptors (Lipinski definition) is 3. The second kappa shape index (κ2) is 9.27. The number of rotatable bonds is 4. The average Bonchev–Trinajstić information content (AvgIpc) is 3.25. The number of hydrogen-bond donors (Lipinski definition) is 3. The number of carbonyl (C=O) groups excluding carboxylic acids is 3. The molecule has 1 fully saturated rings. The third kappa shape index (κ3) is 4.94. The number of benzene rings is 2. The Labute approximate surface area is 188 Å². The van der Waals surface area contributed by atoms with Gasteiger partial charge in [-0.05, 0) is 31.2 Å². The first kappa shape index (κ1) is 22.3. The highest BCUT2D eigenvalue weighted by molar-refractivity contribution is 5.98. The van der Waals surface area contributed by atoms with Crippen molar-refractivity contribution in [2.75, 3.05) is 31.5 Å². The Morgan fingerprint density at radius 1 is 0.939 bits per heavy atom. The van der Waals surface area contributed by atoms with Gasteiger partial charge < -0.3 is 25.4 Å². The lowest BCUT2D eigenvalue weighted by molar-refractivity contribution is -0.117. The molecule has 8 nitrogen and oxygen atoms in total. The average molecular weight is 455 g/mol. The molecule has 33 heavy (non-hydrogen) atoms. The van der Waals surface area contributed by atoms with Crippen molar-refractivity contribution in [2.24, 2.45) is 0 Å². The molecule has 4 amide bonds. The van der Waals surface area contributed by atoms with E-state index < -0.39 is 29.6 Å².